The van der Waals surface area contributed by atoms with Crippen LogP contribution in [0, 0.1) is 5.92 Å². The van der Waals surface area contributed by atoms with Crippen LogP contribution in [0.3, 0.4) is 0 Å². The van der Waals surface area contributed by atoms with Gasteiger partial charge in [-0.25, -0.2) is 4.98 Å². The van der Waals surface area contributed by atoms with Crippen LogP contribution in [0.1, 0.15) is 23.9 Å². The summed E-state index contributed by atoms with van der Waals surface area (Å²) in [7, 11) is 0. The highest BCUT2D eigenvalue weighted by molar-refractivity contribution is 7.15. The third-order valence-electron chi connectivity index (χ3n) is 2.63. The summed E-state index contributed by atoms with van der Waals surface area (Å²) in [6.07, 6.45) is 3.35. The zero-order chi connectivity index (χ0) is 10.8. The second-order valence-corrected chi connectivity index (χ2v) is 4.95. The molecule has 0 aliphatic heterocycles. The lowest BCUT2D eigenvalue weighted by molar-refractivity contribution is -0.119. The summed E-state index contributed by atoms with van der Waals surface area (Å²) >= 11 is 1.59. The smallest absolute Gasteiger partial charge is 0.230 e. The maximum absolute atomic E-state index is 11.5. The fourth-order valence-electron chi connectivity index (χ4n) is 1.58. The van der Waals surface area contributed by atoms with E-state index in [1.165, 1.54) is 11.3 Å². The fourth-order valence-corrected chi connectivity index (χ4v) is 2.63. The molecule has 0 fully saturated rings. The average Bonchev–Trinajstić information content (AvgIpc) is 2.76. The van der Waals surface area contributed by atoms with Crippen LogP contribution in [-0.4, -0.2) is 17.4 Å². The first kappa shape index (κ1) is 13.4. The summed E-state index contributed by atoms with van der Waals surface area (Å²) in [5, 5.41) is 3.54. The highest BCUT2D eigenvalue weighted by atomic mass is 35.5. The van der Waals surface area contributed by atoms with Crippen LogP contribution in [0.2, 0.25) is 0 Å². The Labute approximate surface area is 105 Å². The van der Waals surface area contributed by atoms with Crippen LogP contribution in [0.15, 0.2) is 0 Å². The Balaban J connectivity index is 0.00000128. The van der Waals surface area contributed by atoms with E-state index < -0.39 is 0 Å². The third kappa shape index (κ3) is 2.72. The van der Waals surface area contributed by atoms with Crippen molar-refractivity contribution >= 4 is 34.8 Å². The predicted octanol–water partition coefficient (Wildman–Crippen LogP) is 1.59. The van der Waals surface area contributed by atoms with Crippen molar-refractivity contribution < 1.29 is 4.79 Å². The summed E-state index contributed by atoms with van der Waals surface area (Å²) in [5.41, 5.74) is 6.58. The first-order valence-electron chi connectivity index (χ1n) is 5.20. The van der Waals surface area contributed by atoms with E-state index in [9.17, 15) is 4.79 Å². The van der Waals surface area contributed by atoms with Gasteiger partial charge < -0.3 is 11.1 Å². The van der Waals surface area contributed by atoms with Gasteiger partial charge in [-0.05, 0) is 19.3 Å². The summed E-state index contributed by atoms with van der Waals surface area (Å²) in [4.78, 5) is 17.3. The molecule has 16 heavy (non-hydrogen) atoms. The standard InChI is InChI=1S/C10H15N3OS.ClH/c1-6(5-11)9(14)13-10-12-7-3-2-4-8(7)15-10;/h6H,2-5,11H2,1H3,(H,12,13,14);1H. The molecule has 3 N–H and O–H groups in total. The van der Waals surface area contributed by atoms with Crippen LogP contribution < -0.4 is 11.1 Å². The number of fused-ring (bicyclic) bond motifs is 1. The normalized spacial score (nSPS) is 15.1. The maximum Gasteiger partial charge on any atom is 0.230 e. The molecule has 1 aliphatic carbocycles. The summed E-state index contributed by atoms with van der Waals surface area (Å²) in [6, 6.07) is 0. The van der Waals surface area contributed by atoms with E-state index in [0.717, 1.165) is 23.7 Å². The summed E-state index contributed by atoms with van der Waals surface area (Å²) in [6.45, 7) is 2.19. The molecule has 0 radical (unpaired) electrons. The van der Waals surface area contributed by atoms with Gasteiger partial charge >= 0.3 is 0 Å². The average molecular weight is 262 g/mol. The van der Waals surface area contributed by atoms with Crippen molar-refractivity contribution in [2.24, 2.45) is 11.7 Å². The minimum absolute atomic E-state index is 0. The zero-order valence-electron chi connectivity index (χ0n) is 9.16. The molecular formula is C10H16ClN3OS. The first-order valence-corrected chi connectivity index (χ1v) is 6.02. The minimum atomic E-state index is -0.149. The molecule has 1 heterocycles. The highest BCUT2D eigenvalue weighted by Gasteiger charge is 2.19. The molecule has 0 spiro atoms. The maximum atomic E-state index is 11.5. The second-order valence-electron chi connectivity index (χ2n) is 3.87. The summed E-state index contributed by atoms with van der Waals surface area (Å²) in [5.74, 6) is -0.186. The zero-order valence-corrected chi connectivity index (χ0v) is 10.8. The molecule has 0 bridgehead atoms. The van der Waals surface area contributed by atoms with Gasteiger partial charge in [0.05, 0.1) is 5.69 Å². The molecule has 1 aromatic rings. The van der Waals surface area contributed by atoms with E-state index in [4.69, 9.17) is 5.73 Å². The van der Waals surface area contributed by atoms with Crippen molar-refractivity contribution in [3.05, 3.63) is 10.6 Å². The number of hydrogen-bond donors (Lipinski definition) is 2. The highest BCUT2D eigenvalue weighted by Crippen LogP contribution is 2.30. The number of nitrogens with one attached hydrogen (secondary N) is 1. The lowest BCUT2D eigenvalue weighted by Crippen LogP contribution is -2.26. The van der Waals surface area contributed by atoms with E-state index in [-0.39, 0.29) is 24.2 Å². The van der Waals surface area contributed by atoms with E-state index in [1.54, 1.807) is 11.3 Å². The number of nitrogens with two attached hydrogens (primary N) is 1. The van der Waals surface area contributed by atoms with Crippen LogP contribution in [0.25, 0.3) is 0 Å². The predicted molar refractivity (Wildman–Crippen MR) is 68.2 cm³/mol. The van der Waals surface area contributed by atoms with Crippen molar-refractivity contribution in [2.45, 2.75) is 26.2 Å². The number of rotatable bonds is 3. The van der Waals surface area contributed by atoms with Crippen LogP contribution in [-0.2, 0) is 17.6 Å². The number of aromatic nitrogens is 1. The molecular weight excluding hydrogens is 246 g/mol. The van der Waals surface area contributed by atoms with Gasteiger partial charge in [-0.2, -0.15) is 0 Å². The monoisotopic (exact) mass is 261 g/mol. The van der Waals surface area contributed by atoms with Crippen LogP contribution in [0.5, 0.6) is 0 Å². The number of nitrogens with zero attached hydrogens (tertiary/aromatic N) is 1. The Kier molecular flexibility index (Phi) is 4.70. The van der Waals surface area contributed by atoms with Gasteiger partial charge in [0.2, 0.25) is 5.91 Å². The van der Waals surface area contributed by atoms with E-state index >= 15 is 0 Å². The topological polar surface area (TPSA) is 68.0 Å². The Morgan fingerprint density at radius 2 is 2.38 bits per heavy atom. The van der Waals surface area contributed by atoms with Gasteiger partial charge in [-0.15, -0.1) is 23.7 Å². The Morgan fingerprint density at radius 1 is 1.62 bits per heavy atom. The molecule has 0 aromatic carbocycles. The van der Waals surface area contributed by atoms with Crippen LogP contribution in [0.4, 0.5) is 5.13 Å². The number of anilines is 1. The van der Waals surface area contributed by atoms with Crippen molar-refractivity contribution in [1.82, 2.24) is 4.98 Å². The first-order chi connectivity index (χ1) is 7.20. The van der Waals surface area contributed by atoms with Crippen molar-refractivity contribution in [1.29, 1.82) is 0 Å². The number of amides is 1. The number of carbonyl (C=O) groups is 1. The quantitative estimate of drug-likeness (QED) is 0.868. The minimum Gasteiger partial charge on any atom is -0.330 e. The van der Waals surface area contributed by atoms with Gasteiger partial charge in [-0.3, -0.25) is 4.79 Å². The van der Waals surface area contributed by atoms with Gasteiger partial charge in [0.15, 0.2) is 5.13 Å². The molecule has 4 nitrogen and oxygen atoms in total. The molecule has 1 atom stereocenters. The molecule has 1 unspecified atom stereocenters. The molecule has 6 heteroatoms. The second kappa shape index (κ2) is 5.61. The van der Waals surface area contributed by atoms with Crippen molar-refractivity contribution in [3.8, 4) is 0 Å². The van der Waals surface area contributed by atoms with Gasteiger partial charge in [0.25, 0.3) is 0 Å². The molecule has 1 aliphatic rings. The largest absolute Gasteiger partial charge is 0.330 e. The Bertz CT molecular complexity index is 359. The van der Waals surface area contributed by atoms with Crippen molar-refractivity contribution in [3.63, 3.8) is 0 Å². The number of hydrogen-bond acceptors (Lipinski definition) is 4. The van der Waals surface area contributed by atoms with E-state index in [0.29, 0.717) is 6.54 Å². The lowest BCUT2D eigenvalue weighted by atomic mass is 10.2. The lowest BCUT2D eigenvalue weighted by Gasteiger charge is -2.06. The van der Waals surface area contributed by atoms with Crippen molar-refractivity contribution in [2.75, 3.05) is 11.9 Å². The number of aryl methyl sites for hydroxylation is 2. The number of thiazole rings is 1. The molecule has 0 saturated heterocycles. The van der Waals surface area contributed by atoms with Gasteiger partial charge in [0, 0.05) is 17.3 Å². The van der Waals surface area contributed by atoms with E-state index in [2.05, 4.69) is 10.3 Å². The number of carbonyl (C=O) groups excluding carboxylic acids is 1. The van der Waals surface area contributed by atoms with E-state index in [1.807, 2.05) is 6.92 Å². The molecule has 1 amide bonds. The summed E-state index contributed by atoms with van der Waals surface area (Å²) < 4.78 is 0. The van der Waals surface area contributed by atoms with Gasteiger partial charge in [-0.1, -0.05) is 6.92 Å². The van der Waals surface area contributed by atoms with Crippen LogP contribution >= 0.6 is 23.7 Å². The Hall–Kier alpha value is -0.650. The third-order valence-corrected chi connectivity index (χ3v) is 3.70. The molecule has 90 valence electrons. The molecule has 0 saturated carbocycles. The van der Waals surface area contributed by atoms with Gasteiger partial charge in [0.1, 0.15) is 0 Å². The SMILES string of the molecule is CC(CN)C(=O)Nc1nc2c(s1)CCC2.Cl. The Morgan fingerprint density at radius 3 is 3.00 bits per heavy atom. The molecule has 2 rings (SSSR count). The molecule has 1 aromatic heterocycles. The number of halogens is 1. The fraction of sp³-hybridized carbons (Fsp3) is 0.600.